The maximum Gasteiger partial charge on any atom is 0.242 e. The van der Waals surface area contributed by atoms with E-state index in [0.29, 0.717) is 6.54 Å². The average molecular weight is 241 g/mol. The Kier molecular flexibility index (Phi) is 5.97. The van der Waals surface area contributed by atoms with Crippen molar-refractivity contribution in [2.24, 2.45) is 5.92 Å². The molecule has 3 N–H and O–H groups in total. The van der Waals surface area contributed by atoms with Crippen molar-refractivity contribution in [2.75, 3.05) is 19.6 Å². The van der Waals surface area contributed by atoms with Crippen molar-refractivity contribution in [1.29, 1.82) is 0 Å². The van der Waals surface area contributed by atoms with E-state index in [0.717, 1.165) is 32.4 Å². The summed E-state index contributed by atoms with van der Waals surface area (Å²) in [4.78, 5) is 23.5. The second-order valence-corrected chi connectivity index (χ2v) is 4.56. The molecule has 0 bridgehead atoms. The van der Waals surface area contributed by atoms with Crippen molar-refractivity contribution in [3.8, 4) is 0 Å². The first-order chi connectivity index (χ1) is 8.15. The highest BCUT2D eigenvalue weighted by molar-refractivity contribution is 5.88. The van der Waals surface area contributed by atoms with E-state index in [9.17, 15) is 9.59 Å². The van der Waals surface area contributed by atoms with Crippen molar-refractivity contribution in [3.05, 3.63) is 0 Å². The van der Waals surface area contributed by atoms with E-state index < -0.39 is 0 Å². The van der Waals surface area contributed by atoms with Gasteiger partial charge in [-0.15, -0.1) is 0 Å². The molecule has 0 radical (unpaired) electrons. The van der Waals surface area contributed by atoms with Crippen LogP contribution >= 0.6 is 0 Å². The molecular formula is C12H23N3O2. The van der Waals surface area contributed by atoms with E-state index >= 15 is 0 Å². The van der Waals surface area contributed by atoms with E-state index in [1.54, 1.807) is 0 Å². The third-order valence-corrected chi connectivity index (χ3v) is 3.00. The van der Waals surface area contributed by atoms with Gasteiger partial charge in [-0.1, -0.05) is 13.8 Å². The lowest BCUT2D eigenvalue weighted by Crippen LogP contribution is -2.48. The topological polar surface area (TPSA) is 70.2 Å². The van der Waals surface area contributed by atoms with Gasteiger partial charge in [-0.05, 0) is 25.8 Å². The standard InChI is InChI=1S/C12H23N3O2/c1-3-13-8-9(2)11(16)15-10-6-4-5-7-14-12(10)17/h9-10,13H,3-8H2,1-2H3,(H,14,17)(H,15,16). The van der Waals surface area contributed by atoms with Crippen molar-refractivity contribution < 1.29 is 9.59 Å². The maximum absolute atomic E-state index is 11.8. The monoisotopic (exact) mass is 241 g/mol. The zero-order valence-corrected chi connectivity index (χ0v) is 10.7. The van der Waals surface area contributed by atoms with Crippen molar-refractivity contribution in [1.82, 2.24) is 16.0 Å². The van der Waals surface area contributed by atoms with Gasteiger partial charge < -0.3 is 16.0 Å². The van der Waals surface area contributed by atoms with E-state index in [1.807, 2.05) is 13.8 Å². The predicted molar refractivity (Wildman–Crippen MR) is 66.5 cm³/mol. The van der Waals surface area contributed by atoms with Crippen LogP contribution < -0.4 is 16.0 Å². The molecule has 1 fully saturated rings. The Bertz CT molecular complexity index is 268. The van der Waals surface area contributed by atoms with Gasteiger partial charge in [-0.3, -0.25) is 9.59 Å². The molecule has 5 nitrogen and oxygen atoms in total. The molecule has 1 aliphatic rings. The predicted octanol–water partition coefficient (Wildman–Crippen LogP) is 0.0169. The van der Waals surface area contributed by atoms with Crippen LogP contribution in [-0.4, -0.2) is 37.5 Å². The lowest BCUT2D eigenvalue weighted by molar-refractivity contribution is -0.130. The first-order valence-electron chi connectivity index (χ1n) is 6.44. The third kappa shape index (κ3) is 4.73. The summed E-state index contributed by atoms with van der Waals surface area (Å²) in [6.07, 6.45) is 2.71. The van der Waals surface area contributed by atoms with Crippen LogP contribution in [0.2, 0.25) is 0 Å². The van der Waals surface area contributed by atoms with Gasteiger partial charge in [0.25, 0.3) is 0 Å². The minimum Gasteiger partial charge on any atom is -0.354 e. The molecule has 0 aromatic rings. The molecule has 0 saturated carbocycles. The molecule has 1 aliphatic heterocycles. The zero-order valence-electron chi connectivity index (χ0n) is 10.7. The number of nitrogens with one attached hydrogen (secondary N) is 3. The Labute approximate surface area is 103 Å². The second-order valence-electron chi connectivity index (χ2n) is 4.56. The summed E-state index contributed by atoms with van der Waals surface area (Å²) in [7, 11) is 0. The lowest BCUT2D eigenvalue weighted by atomic mass is 10.1. The number of hydrogen-bond donors (Lipinski definition) is 3. The highest BCUT2D eigenvalue weighted by Crippen LogP contribution is 2.06. The van der Waals surface area contributed by atoms with Gasteiger partial charge in [-0.2, -0.15) is 0 Å². The van der Waals surface area contributed by atoms with Crippen LogP contribution in [0.5, 0.6) is 0 Å². The minimum absolute atomic E-state index is 0.0481. The van der Waals surface area contributed by atoms with E-state index in [-0.39, 0.29) is 23.8 Å². The normalized spacial score (nSPS) is 22.5. The zero-order chi connectivity index (χ0) is 12.7. The van der Waals surface area contributed by atoms with Gasteiger partial charge >= 0.3 is 0 Å². The average Bonchev–Trinajstić information content (AvgIpc) is 2.52. The lowest BCUT2D eigenvalue weighted by Gasteiger charge is -2.18. The summed E-state index contributed by atoms with van der Waals surface area (Å²) in [5, 5.41) is 8.77. The Balaban J connectivity index is 2.40. The smallest absolute Gasteiger partial charge is 0.242 e. The SMILES string of the molecule is CCNCC(C)C(=O)NC1CCCCNC1=O. The molecule has 0 aromatic carbocycles. The fourth-order valence-electron chi connectivity index (χ4n) is 1.84. The Morgan fingerprint density at radius 1 is 1.53 bits per heavy atom. The van der Waals surface area contributed by atoms with Gasteiger partial charge in [-0.25, -0.2) is 0 Å². The molecule has 0 spiro atoms. The van der Waals surface area contributed by atoms with Crippen molar-refractivity contribution >= 4 is 11.8 Å². The van der Waals surface area contributed by atoms with Crippen LogP contribution in [0, 0.1) is 5.92 Å². The summed E-state index contributed by atoms with van der Waals surface area (Å²) < 4.78 is 0. The quantitative estimate of drug-likeness (QED) is 0.635. The van der Waals surface area contributed by atoms with E-state index in [4.69, 9.17) is 0 Å². The fourth-order valence-corrected chi connectivity index (χ4v) is 1.84. The number of carbonyl (C=O) groups is 2. The Morgan fingerprint density at radius 2 is 2.29 bits per heavy atom. The van der Waals surface area contributed by atoms with Crippen LogP contribution in [0.4, 0.5) is 0 Å². The van der Waals surface area contributed by atoms with E-state index in [2.05, 4.69) is 16.0 Å². The fraction of sp³-hybridized carbons (Fsp3) is 0.833. The molecule has 98 valence electrons. The summed E-state index contributed by atoms with van der Waals surface area (Å²) in [5.41, 5.74) is 0. The van der Waals surface area contributed by atoms with Crippen molar-refractivity contribution in [2.45, 2.75) is 39.2 Å². The number of carbonyl (C=O) groups excluding carboxylic acids is 2. The van der Waals surface area contributed by atoms with E-state index in [1.165, 1.54) is 0 Å². The first-order valence-corrected chi connectivity index (χ1v) is 6.44. The van der Waals surface area contributed by atoms with Crippen LogP contribution in [0.1, 0.15) is 33.1 Å². The summed E-state index contributed by atoms with van der Waals surface area (Å²) in [5.74, 6) is -0.203. The molecular weight excluding hydrogens is 218 g/mol. The largest absolute Gasteiger partial charge is 0.354 e. The number of amides is 2. The highest BCUT2D eigenvalue weighted by atomic mass is 16.2. The Morgan fingerprint density at radius 3 is 3.00 bits per heavy atom. The second kappa shape index (κ2) is 7.27. The molecule has 17 heavy (non-hydrogen) atoms. The molecule has 0 aliphatic carbocycles. The summed E-state index contributed by atoms with van der Waals surface area (Å²) in [6.45, 7) is 6.09. The molecule has 2 atom stereocenters. The summed E-state index contributed by atoms with van der Waals surface area (Å²) >= 11 is 0. The van der Waals surface area contributed by atoms with Gasteiger partial charge in [0.05, 0.1) is 0 Å². The molecule has 1 saturated heterocycles. The van der Waals surface area contributed by atoms with Gasteiger partial charge in [0.15, 0.2) is 0 Å². The number of rotatable bonds is 5. The minimum atomic E-state index is -0.353. The van der Waals surface area contributed by atoms with Gasteiger partial charge in [0, 0.05) is 19.0 Å². The van der Waals surface area contributed by atoms with Crippen LogP contribution in [0.3, 0.4) is 0 Å². The van der Waals surface area contributed by atoms with Crippen LogP contribution in [0.15, 0.2) is 0 Å². The first kappa shape index (κ1) is 14.0. The van der Waals surface area contributed by atoms with Crippen LogP contribution in [0.25, 0.3) is 0 Å². The van der Waals surface area contributed by atoms with Gasteiger partial charge in [0.2, 0.25) is 11.8 Å². The molecule has 2 amide bonds. The molecule has 2 unspecified atom stereocenters. The highest BCUT2D eigenvalue weighted by Gasteiger charge is 2.24. The number of hydrogen-bond acceptors (Lipinski definition) is 3. The molecule has 1 heterocycles. The third-order valence-electron chi connectivity index (χ3n) is 3.00. The molecule has 1 rings (SSSR count). The molecule has 0 aromatic heterocycles. The van der Waals surface area contributed by atoms with Crippen molar-refractivity contribution in [3.63, 3.8) is 0 Å². The Hall–Kier alpha value is -1.10. The summed E-state index contributed by atoms with van der Waals surface area (Å²) in [6, 6.07) is -0.353. The molecule has 5 heteroatoms. The van der Waals surface area contributed by atoms with Crippen LogP contribution in [-0.2, 0) is 9.59 Å². The van der Waals surface area contributed by atoms with Gasteiger partial charge in [0.1, 0.15) is 6.04 Å². The maximum atomic E-state index is 11.8.